The molecule has 1 aromatic heterocycles. The van der Waals surface area contributed by atoms with Crippen molar-refractivity contribution in [3.05, 3.63) is 58.6 Å². The van der Waals surface area contributed by atoms with E-state index < -0.39 is 31.8 Å². The minimum Gasteiger partial charge on any atom is -0.362 e. The fourth-order valence-corrected chi connectivity index (χ4v) is 6.92. The topological polar surface area (TPSA) is 112 Å². The number of rotatable bonds is 4. The first-order valence-electron chi connectivity index (χ1n) is 10.3. The molecule has 3 N–H and O–H groups in total. The summed E-state index contributed by atoms with van der Waals surface area (Å²) < 4.78 is 40.2. The molecule has 2 aliphatic rings. The van der Waals surface area contributed by atoms with Crippen LogP contribution in [0.1, 0.15) is 49.2 Å². The fourth-order valence-electron chi connectivity index (χ4n) is 4.41. The van der Waals surface area contributed by atoms with Crippen LogP contribution in [-0.4, -0.2) is 35.6 Å². The van der Waals surface area contributed by atoms with Crippen molar-refractivity contribution in [2.45, 2.75) is 43.4 Å². The molecule has 0 spiro atoms. The van der Waals surface area contributed by atoms with Gasteiger partial charge in [-0.2, -0.15) is 0 Å². The number of pyridine rings is 1. The number of halogens is 2. The zero-order valence-corrected chi connectivity index (χ0v) is 19.3. The van der Waals surface area contributed by atoms with Crippen LogP contribution in [0.3, 0.4) is 0 Å². The molecule has 7 nitrogen and oxygen atoms in total. The smallest absolute Gasteiger partial charge is 0.274 e. The molecule has 1 aliphatic heterocycles. The molecule has 1 amide bonds. The van der Waals surface area contributed by atoms with Gasteiger partial charge in [0.15, 0.2) is 9.84 Å². The molecule has 32 heavy (non-hydrogen) atoms. The molecule has 1 aromatic carbocycles. The maximum absolute atomic E-state index is 14.9. The van der Waals surface area contributed by atoms with E-state index in [0.717, 1.165) is 19.3 Å². The first-order chi connectivity index (χ1) is 15.0. The van der Waals surface area contributed by atoms with Gasteiger partial charge in [-0.15, -0.1) is 0 Å². The molecule has 0 unspecified atom stereocenters. The molecule has 2 fully saturated rings. The lowest BCUT2D eigenvalue weighted by atomic mass is 9.74. The van der Waals surface area contributed by atoms with Crippen molar-refractivity contribution < 1.29 is 17.6 Å². The number of nitrogens with one attached hydrogen (secondary N) is 3. The van der Waals surface area contributed by atoms with Crippen LogP contribution in [0.4, 0.5) is 10.1 Å². The molecule has 170 valence electrons. The van der Waals surface area contributed by atoms with E-state index in [1.807, 2.05) is 0 Å². The van der Waals surface area contributed by atoms with Gasteiger partial charge in [-0.3, -0.25) is 10.2 Å². The van der Waals surface area contributed by atoms with Gasteiger partial charge in [-0.25, -0.2) is 17.8 Å². The Bertz CT molecular complexity index is 1200. The number of hydrogen-bond donors (Lipinski definition) is 3. The standard InChI is InChI=1S/C22H24ClFN4O3S/c1-21(12-32(30,31)22(2,20(25)28-21)13-4-3-5-13)16-10-15(7-8-17(16)24)27-19(29)18-9-6-14(23)11-26-18/h6-11,13H,3-5,12H2,1-2H3,(H2,25,28)(H,27,29)/t21-,22+/m0/s1. The van der Waals surface area contributed by atoms with E-state index in [0.29, 0.717) is 5.02 Å². The van der Waals surface area contributed by atoms with Crippen LogP contribution < -0.4 is 10.6 Å². The van der Waals surface area contributed by atoms with Gasteiger partial charge in [0.05, 0.1) is 16.3 Å². The Kier molecular flexibility index (Phi) is 5.53. The van der Waals surface area contributed by atoms with Gasteiger partial charge < -0.3 is 10.6 Å². The number of nitrogens with zero attached hydrogens (tertiary/aromatic N) is 1. The molecule has 2 aromatic rings. The van der Waals surface area contributed by atoms with Gasteiger partial charge in [0.25, 0.3) is 5.91 Å². The van der Waals surface area contributed by atoms with Crippen molar-refractivity contribution >= 4 is 38.9 Å². The van der Waals surface area contributed by atoms with E-state index in [1.54, 1.807) is 13.8 Å². The van der Waals surface area contributed by atoms with Crippen molar-refractivity contribution in [1.29, 1.82) is 5.41 Å². The van der Waals surface area contributed by atoms with Crippen LogP contribution in [0.2, 0.25) is 5.02 Å². The summed E-state index contributed by atoms with van der Waals surface area (Å²) >= 11 is 5.79. The summed E-state index contributed by atoms with van der Waals surface area (Å²) in [7, 11) is -3.75. The van der Waals surface area contributed by atoms with Crippen LogP contribution >= 0.6 is 11.6 Å². The SMILES string of the molecule is C[C@@]1(C2CCC2)C(=N)N[C@](C)(c2cc(NC(=O)c3ccc(Cl)cn3)ccc2F)CS1(=O)=O. The molecule has 1 saturated carbocycles. The highest BCUT2D eigenvalue weighted by atomic mass is 35.5. The number of amidine groups is 1. The lowest BCUT2D eigenvalue weighted by Crippen LogP contribution is -2.68. The average Bonchev–Trinajstić information content (AvgIpc) is 2.66. The van der Waals surface area contributed by atoms with Gasteiger partial charge in [0.1, 0.15) is 22.1 Å². The van der Waals surface area contributed by atoms with Gasteiger partial charge in [0, 0.05) is 17.4 Å². The monoisotopic (exact) mass is 478 g/mol. The van der Waals surface area contributed by atoms with Crippen molar-refractivity contribution in [1.82, 2.24) is 10.3 Å². The fraction of sp³-hybridized carbons (Fsp3) is 0.409. The molecular weight excluding hydrogens is 455 g/mol. The van der Waals surface area contributed by atoms with E-state index in [1.165, 1.54) is 36.5 Å². The van der Waals surface area contributed by atoms with E-state index in [-0.39, 0.29) is 34.5 Å². The summed E-state index contributed by atoms with van der Waals surface area (Å²) in [5.41, 5.74) is -0.892. The highest BCUT2D eigenvalue weighted by Crippen LogP contribution is 2.46. The number of aromatic nitrogens is 1. The van der Waals surface area contributed by atoms with Crippen LogP contribution in [0.15, 0.2) is 36.5 Å². The van der Waals surface area contributed by atoms with E-state index in [2.05, 4.69) is 15.6 Å². The zero-order chi connectivity index (χ0) is 23.3. The van der Waals surface area contributed by atoms with Crippen molar-refractivity contribution in [3.8, 4) is 0 Å². The Morgan fingerprint density at radius 3 is 2.56 bits per heavy atom. The maximum Gasteiger partial charge on any atom is 0.274 e. The Labute approximate surface area is 191 Å². The quantitative estimate of drug-likeness (QED) is 0.617. The first kappa shape index (κ1) is 22.7. The van der Waals surface area contributed by atoms with Crippen molar-refractivity contribution in [3.63, 3.8) is 0 Å². The number of amides is 1. The molecule has 0 bridgehead atoms. The third-order valence-electron chi connectivity index (χ3n) is 6.68. The van der Waals surface area contributed by atoms with Crippen LogP contribution in [-0.2, 0) is 15.4 Å². The predicted molar refractivity (Wildman–Crippen MR) is 121 cm³/mol. The second-order valence-electron chi connectivity index (χ2n) is 8.84. The summed E-state index contributed by atoms with van der Waals surface area (Å²) in [6.07, 6.45) is 3.80. The second kappa shape index (κ2) is 7.81. The average molecular weight is 479 g/mol. The minimum atomic E-state index is -3.75. The molecule has 1 saturated heterocycles. The minimum absolute atomic E-state index is 0.0587. The van der Waals surface area contributed by atoms with Crippen LogP contribution in [0, 0.1) is 17.1 Å². The largest absolute Gasteiger partial charge is 0.362 e. The summed E-state index contributed by atoms with van der Waals surface area (Å²) in [6, 6.07) is 6.94. The number of sulfone groups is 1. The Morgan fingerprint density at radius 1 is 1.28 bits per heavy atom. The first-order valence-corrected chi connectivity index (χ1v) is 12.3. The van der Waals surface area contributed by atoms with Gasteiger partial charge in [-0.05, 0) is 62.9 Å². The van der Waals surface area contributed by atoms with E-state index in [4.69, 9.17) is 17.0 Å². The van der Waals surface area contributed by atoms with Gasteiger partial charge >= 0.3 is 0 Å². The van der Waals surface area contributed by atoms with Gasteiger partial charge in [0.2, 0.25) is 0 Å². The predicted octanol–water partition coefficient (Wildman–Crippen LogP) is 3.90. The summed E-state index contributed by atoms with van der Waals surface area (Å²) in [5, 5.41) is 14.6. The van der Waals surface area contributed by atoms with Crippen LogP contribution in [0.5, 0.6) is 0 Å². The summed E-state index contributed by atoms with van der Waals surface area (Å²) in [5.74, 6) is -1.73. The highest BCUT2D eigenvalue weighted by molar-refractivity contribution is 7.93. The summed E-state index contributed by atoms with van der Waals surface area (Å²) in [4.78, 5) is 16.4. The maximum atomic E-state index is 14.9. The molecular formula is C22H24ClFN4O3S. The van der Waals surface area contributed by atoms with Crippen molar-refractivity contribution in [2.24, 2.45) is 5.92 Å². The van der Waals surface area contributed by atoms with Crippen molar-refractivity contribution in [2.75, 3.05) is 11.1 Å². The molecule has 1 aliphatic carbocycles. The number of hydrogen-bond acceptors (Lipinski definition) is 5. The third kappa shape index (κ3) is 3.67. The van der Waals surface area contributed by atoms with E-state index >= 15 is 0 Å². The molecule has 0 radical (unpaired) electrons. The molecule has 4 rings (SSSR count). The molecule has 10 heteroatoms. The Balaban J connectivity index is 1.64. The molecule has 2 heterocycles. The lowest BCUT2D eigenvalue weighted by Gasteiger charge is -2.50. The molecule has 2 atom stereocenters. The van der Waals surface area contributed by atoms with Gasteiger partial charge in [-0.1, -0.05) is 18.0 Å². The number of anilines is 1. The lowest BCUT2D eigenvalue weighted by molar-refractivity contribution is 0.102. The zero-order valence-electron chi connectivity index (χ0n) is 17.7. The number of carbonyl (C=O) groups is 1. The third-order valence-corrected chi connectivity index (χ3v) is 9.70. The Hall–Kier alpha value is -2.52. The summed E-state index contributed by atoms with van der Waals surface area (Å²) in [6.45, 7) is 3.15. The highest BCUT2D eigenvalue weighted by Gasteiger charge is 2.58. The normalized spacial score (nSPS) is 27.3. The second-order valence-corrected chi connectivity index (χ2v) is 11.6. The Morgan fingerprint density at radius 2 is 2.00 bits per heavy atom. The number of carbonyl (C=O) groups excluding carboxylic acids is 1. The van der Waals surface area contributed by atoms with Crippen LogP contribution in [0.25, 0.3) is 0 Å². The van der Waals surface area contributed by atoms with E-state index in [9.17, 15) is 17.6 Å². The number of benzene rings is 1.